The zero-order chi connectivity index (χ0) is 15.3. The molecule has 0 saturated carbocycles. The number of likely N-dealkylation sites (tertiary alicyclic amines) is 2. The predicted molar refractivity (Wildman–Crippen MR) is 84.6 cm³/mol. The van der Waals surface area contributed by atoms with Crippen LogP contribution in [0, 0.1) is 0 Å². The van der Waals surface area contributed by atoms with Crippen molar-refractivity contribution in [1.82, 2.24) is 15.1 Å². The van der Waals surface area contributed by atoms with Gasteiger partial charge in [-0.2, -0.15) is 0 Å². The standard InChI is InChI=1S/C16H31N3O2/c1-16(17-2,15(20)21)8-6-9-18-12-7-14(13-18)19-10-4-3-5-11-19/h14,17H,3-13H2,1-2H3,(H,20,21). The molecule has 2 aliphatic heterocycles. The highest BCUT2D eigenvalue weighted by atomic mass is 16.4. The quantitative estimate of drug-likeness (QED) is 0.744. The molecule has 0 aliphatic carbocycles. The van der Waals surface area contributed by atoms with Crippen molar-refractivity contribution in [1.29, 1.82) is 0 Å². The van der Waals surface area contributed by atoms with E-state index in [1.807, 2.05) is 0 Å². The van der Waals surface area contributed by atoms with Gasteiger partial charge < -0.3 is 15.3 Å². The minimum Gasteiger partial charge on any atom is -0.480 e. The molecule has 0 spiro atoms. The van der Waals surface area contributed by atoms with Gasteiger partial charge in [0.2, 0.25) is 0 Å². The Kier molecular flexibility index (Phi) is 6.02. The van der Waals surface area contributed by atoms with Crippen molar-refractivity contribution in [3.8, 4) is 0 Å². The lowest BCUT2D eigenvalue weighted by atomic mass is 9.96. The first-order chi connectivity index (χ1) is 10.0. The van der Waals surface area contributed by atoms with E-state index in [2.05, 4.69) is 15.1 Å². The number of rotatable bonds is 7. The highest BCUT2D eigenvalue weighted by molar-refractivity contribution is 5.78. The number of nitrogens with one attached hydrogen (secondary N) is 1. The van der Waals surface area contributed by atoms with Crippen LogP contribution in [-0.2, 0) is 4.79 Å². The van der Waals surface area contributed by atoms with Crippen LogP contribution in [0.2, 0.25) is 0 Å². The fourth-order valence-corrected chi connectivity index (χ4v) is 3.59. The number of carbonyl (C=O) groups is 1. The number of likely N-dealkylation sites (N-methyl/N-ethyl adjacent to an activating group) is 1. The van der Waals surface area contributed by atoms with Crippen LogP contribution in [0.25, 0.3) is 0 Å². The lowest BCUT2D eigenvalue weighted by molar-refractivity contribution is -0.144. The van der Waals surface area contributed by atoms with Crippen LogP contribution in [0.5, 0.6) is 0 Å². The van der Waals surface area contributed by atoms with E-state index in [-0.39, 0.29) is 0 Å². The van der Waals surface area contributed by atoms with Crippen molar-refractivity contribution < 1.29 is 9.90 Å². The summed E-state index contributed by atoms with van der Waals surface area (Å²) in [5.41, 5.74) is -0.786. The largest absolute Gasteiger partial charge is 0.480 e. The highest BCUT2D eigenvalue weighted by Crippen LogP contribution is 2.21. The summed E-state index contributed by atoms with van der Waals surface area (Å²) in [6, 6.07) is 0.737. The first kappa shape index (κ1) is 16.7. The third-order valence-corrected chi connectivity index (χ3v) is 5.33. The van der Waals surface area contributed by atoms with Crippen LogP contribution in [0.15, 0.2) is 0 Å². The maximum Gasteiger partial charge on any atom is 0.323 e. The molecule has 5 heteroatoms. The monoisotopic (exact) mass is 297 g/mol. The Morgan fingerprint density at radius 2 is 2.00 bits per heavy atom. The summed E-state index contributed by atoms with van der Waals surface area (Å²) in [5.74, 6) is -0.752. The molecule has 2 aliphatic rings. The third kappa shape index (κ3) is 4.41. The number of aliphatic carboxylic acids is 1. The van der Waals surface area contributed by atoms with Gasteiger partial charge in [-0.15, -0.1) is 0 Å². The molecule has 0 aromatic heterocycles. The summed E-state index contributed by atoms with van der Waals surface area (Å²) >= 11 is 0. The third-order valence-electron chi connectivity index (χ3n) is 5.33. The maximum atomic E-state index is 11.3. The molecule has 0 aromatic rings. The summed E-state index contributed by atoms with van der Waals surface area (Å²) in [4.78, 5) is 16.4. The number of hydrogen-bond donors (Lipinski definition) is 2. The van der Waals surface area contributed by atoms with Crippen LogP contribution in [-0.4, -0.2) is 72.2 Å². The SMILES string of the molecule is CNC(C)(CCCN1CCC(N2CCCCC2)C1)C(=O)O. The zero-order valence-corrected chi connectivity index (χ0v) is 13.6. The van der Waals surface area contributed by atoms with E-state index >= 15 is 0 Å². The minimum absolute atomic E-state index is 0.684. The van der Waals surface area contributed by atoms with Crippen molar-refractivity contribution in [3.05, 3.63) is 0 Å². The normalized spacial score (nSPS) is 27.6. The van der Waals surface area contributed by atoms with Crippen molar-refractivity contribution >= 4 is 5.97 Å². The molecule has 0 radical (unpaired) electrons. The summed E-state index contributed by atoms with van der Waals surface area (Å²) in [6.45, 7) is 7.68. The van der Waals surface area contributed by atoms with Gasteiger partial charge in [0.1, 0.15) is 5.54 Å². The van der Waals surface area contributed by atoms with Gasteiger partial charge in [-0.25, -0.2) is 0 Å². The van der Waals surface area contributed by atoms with Crippen LogP contribution < -0.4 is 5.32 Å². The van der Waals surface area contributed by atoms with Crippen molar-refractivity contribution in [2.75, 3.05) is 39.8 Å². The topological polar surface area (TPSA) is 55.8 Å². The van der Waals surface area contributed by atoms with Crippen molar-refractivity contribution in [2.45, 2.75) is 57.0 Å². The minimum atomic E-state index is -0.786. The van der Waals surface area contributed by atoms with E-state index in [0.717, 1.165) is 19.0 Å². The van der Waals surface area contributed by atoms with Crippen molar-refractivity contribution in [2.24, 2.45) is 0 Å². The van der Waals surface area contributed by atoms with Gasteiger partial charge in [0, 0.05) is 12.6 Å². The molecule has 2 fully saturated rings. The Hall–Kier alpha value is -0.650. The summed E-state index contributed by atoms with van der Waals surface area (Å²) in [6.07, 6.45) is 7.01. The fraction of sp³-hybridized carbons (Fsp3) is 0.938. The first-order valence-corrected chi connectivity index (χ1v) is 8.44. The Morgan fingerprint density at radius 3 is 2.62 bits per heavy atom. The molecule has 2 atom stereocenters. The van der Waals surface area contributed by atoms with Crippen LogP contribution in [0.4, 0.5) is 0 Å². The molecule has 2 heterocycles. The van der Waals surface area contributed by atoms with E-state index in [9.17, 15) is 9.90 Å². The first-order valence-electron chi connectivity index (χ1n) is 8.44. The van der Waals surface area contributed by atoms with Gasteiger partial charge in [0.15, 0.2) is 0 Å². The Bertz CT molecular complexity index is 344. The van der Waals surface area contributed by atoms with Gasteiger partial charge in [-0.1, -0.05) is 6.42 Å². The Morgan fingerprint density at radius 1 is 1.29 bits per heavy atom. The fourth-order valence-electron chi connectivity index (χ4n) is 3.59. The average Bonchev–Trinajstić information content (AvgIpc) is 2.96. The average molecular weight is 297 g/mol. The van der Waals surface area contributed by atoms with E-state index in [1.54, 1.807) is 14.0 Å². The van der Waals surface area contributed by atoms with Crippen molar-refractivity contribution in [3.63, 3.8) is 0 Å². The second kappa shape index (κ2) is 7.56. The second-order valence-electron chi connectivity index (χ2n) is 6.83. The maximum absolute atomic E-state index is 11.3. The Labute approximate surface area is 128 Å². The van der Waals surface area contributed by atoms with Crippen LogP contribution >= 0.6 is 0 Å². The lowest BCUT2D eigenvalue weighted by Gasteiger charge is -2.32. The number of carboxylic acid groups (broad SMARTS) is 1. The smallest absolute Gasteiger partial charge is 0.323 e. The van der Waals surface area contributed by atoms with Gasteiger partial charge in [-0.05, 0) is 72.3 Å². The molecule has 2 N–H and O–H groups in total. The molecular formula is C16H31N3O2. The predicted octanol–water partition coefficient (Wildman–Crippen LogP) is 1.39. The number of hydrogen-bond acceptors (Lipinski definition) is 4. The molecule has 2 unspecified atom stereocenters. The van der Waals surface area contributed by atoms with Crippen LogP contribution in [0.3, 0.4) is 0 Å². The zero-order valence-electron chi connectivity index (χ0n) is 13.6. The number of nitrogens with zero attached hydrogens (tertiary/aromatic N) is 2. The molecule has 0 bridgehead atoms. The molecule has 2 rings (SSSR count). The van der Waals surface area contributed by atoms with Gasteiger partial charge in [0.05, 0.1) is 0 Å². The Balaban J connectivity index is 1.69. The van der Waals surface area contributed by atoms with Gasteiger partial charge in [0.25, 0.3) is 0 Å². The molecular weight excluding hydrogens is 266 g/mol. The molecule has 5 nitrogen and oxygen atoms in total. The summed E-state index contributed by atoms with van der Waals surface area (Å²) in [5, 5.41) is 12.2. The molecule has 2 saturated heterocycles. The lowest BCUT2D eigenvalue weighted by Crippen LogP contribution is -2.48. The molecule has 122 valence electrons. The van der Waals surface area contributed by atoms with E-state index in [0.29, 0.717) is 6.42 Å². The second-order valence-corrected chi connectivity index (χ2v) is 6.83. The molecule has 21 heavy (non-hydrogen) atoms. The van der Waals surface area contributed by atoms with E-state index in [1.165, 1.54) is 51.9 Å². The van der Waals surface area contributed by atoms with Crippen LogP contribution in [0.1, 0.15) is 45.4 Å². The molecule has 0 amide bonds. The van der Waals surface area contributed by atoms with Gasteiger partial charge >= 0.3 is 5.97 Å². The number of carboxylic acids is 1. The molecule has 0 aromatic carbocycles. The summed E-state index contributed by atoms with van der Waals surface area (Å²) < 4.78 is 0. The number of piperidine rings is 1. The summed E-state index contributed by atoms with van der Waals surface area (Å²) in [7, 11) is 1.73. The highest BCUT2D eigenvalue weighted by Gasteiger charge is 2.32. The van der Waals surface area contributed by atoms with E-state index < -0.39 is 11.5 Å². The van der Waals surface area contributed by atoms with Gasteiger partial charge in [-0.3, -0.25) is 9.69 Å². The van der Waals surface area contributed by atoms with E-state index in [4.69, 9.17) is 0 Å².